The molecule has 0 aromatic heterocycles. The van der Waals surface area contributed by atoms with Crippen molar-refractivity contribution in [3.8, 4) is 17.2 Å². The lowest BCUT2D eigenvalue weighted by Crippen LogP contribution is -2.30. The fourth-order valence-electron chi connectivity index (χ4n) is 2.93. The summed E-state index contributed by atoms with van der Waals surface area (Å²) < 4.78 is 15.8. The molecule has 2 aromatic carbocycles. The summed E-state index contributed by atoms with van der Waals surface area (Å²) in [4.78, 5) is 23.7. The number of carboxylic acids is 1. The summed E-state index contributed by atoms with van der Waals surface area (Å²) in [6, 6.07) is 11.8. The molecule has 0 heterocycles. The first-order valence-corrected chi connectivity index (χ1v) is 8.83. The molecule has 0 aliphatic heterocycles. The number of ether oxygens (including phenoxy) is 3. The molecule has 0 spiro atoms. The number of methoxy groups -OCH3 is 3. The largest absolute Gasteiger partial charge is 0.497 e. The van der Waals surface area contributed by atoms with Gasteiger partial charge in [-0.15, -0.1) is 0 Å². The monoisotopic (exact) mass is 387 g/mol. The Labute approximate surface area is 164 Å². The normalized spacial score (nSPS) is 11.4. The molecule has 0 aliphatic rings. The average molecular weight is 387 g/mol. The molecule has 0 saturated heterocycles. The molecular weight excluding hydrogens is 362 g/mol. The van der Waals surface area contributed by atoms with Gasteiger partial charge in [-0.3, -0.25) is 9.59 Å². The lowest BCUT2D eigenvalue weighted by atomic mass is 10.0. The second-order valence-electron chi connectivity index (χ2n) is 6.14. The Balaban J connectivity index is 2.06. The lowest BCUT2D eigenvalue weighted by molar-refractivity contribution is -0.137. The zero-order valence-electron chi connectivity index (χ0n) is 16.2. The Morgan fingerprint density at radius 1 is 1.00 bits per heavy atom. The fraction of sp³-hybridized carbons (Fsp3) is 0.333. The van der Waals surface area contributed by atoms with Crippen molar-refractivity contribution in [2.24, 2.45) is 0 Å². The van der Waals surface area contributed by atoms with Crippen LogP contribution in [0.2, 0.25) is 0 Å². The molecule has 1 amide bonds. The number of carbonyl (C=O) groups excluding carboxylic acids is 1. The van der Waals surface area contributed by atoms with Crippen LogP contribution in [0.5, 0.6) is 17.2 Å². The van der Waals surface area contributed by atoms with Gasteiger partial charge >= 0.3 is 5.97 Å². The van der Waals surface area contributed by atoms with Gasteiger partial charge in [0.1, 0.15) is 5.75 Å². The van der Waals surface area contributed by atoms with Crippen LogP contribution in [-0.2, 0) is 16.0 Å². The Morgan fingerprint density at radius 2 is 1.71 bits per heavy atom. The highest BCUT2D eigenvalue weighted by molar-refractivity contribution is 5.78. The predicted molar refractivity (Wildman–Crippen MR) is 104 cm³/mol. The molecule has 7 heteroatoms. The third-order valence-electron chi connectivity index (χ3n) is 4.34. The van der Waals surface area contributed by atoms with E-state index in [9.17, 15) is 14.7 Å². The minimum Gasteiger partial charge on any atom is -0.497 e. The number of carboxylic acid groups (broad SMARTS) is 1. The number of hydrogen-bond donors (Lipinski definition) is 2. The fourth-order valence-corrected chi connectivity index (χ4v) is 2.93. The molecule has 7 nitrogen and oxygen atoms in total. The van der Waals surface area contributed by atoms with Crippen LogP contribution >= 0.6 is 0 Å². The van der Waals surface area contributed by atoms with Crippen molar-refractivity contribution in [3.63, 3.8) is 0 Å². The maximum absolute atomic E-state index is 12.5. The van der Waals surface area contributed by atoms with Crippen molar-refractivity contribution in [3.05, 3.63) is 53.6 Å². The van der Waals surface area contributed by atoms with Crippen LogP contribution in [-0.4, -0.2) is 38.3 Å². The maximum Gasteiger partial charge on any atom is 0.305 e. The van der Waals surface area contributed by atoms with Crippen molar-refractivity contribution >= 4 is 11.9 Å². The predicted octanol–water partition coefficient (Wildman–Crippen LogP) is 2.98. The SMILES string of the molecule is COc1ccc(C(CC(=O)O)NC(=O)CCc2cccc(OC)c2OC)cc1. The first-order valence-electron chi connectivity index (χ1n) is 8.83. The number of amides is 1. The Kier molecular flexibility index (Phi) is 7.68. The van der Waals surface area contributed by atoms with Crippen molar-refractivity contribution in [2.75, 3.05) is 21.3 Å². The van der Waals surface area contributed by atoms with Crippen molar-refractivity contribution in [2.45, 2.75) is 25.3 Å². The number of aryl methyl sites for hydroxylation is 1. The van der Waals surface area contributed by atoms with E-state index in [1.165, 1.54) is 0 Å². The highest BCUT2D eigenvalue weighted by Crippen LogP contribution is 2.31. The van der Waals surface area contributed by atoms with Crippen LogP contribution in [0.25, 0.3) is 0 Å². The molecule has 0 fully saturated rings. The number of rotatable bonds is 10. The number of carbonyl (C=O) groups is 2. The van der Waals surface area contributed by atoms with E-state index in [1.807, 2.05) is 12.1 Å². The van der Waals surface area contributed by atoms with Gasteiger partial charge in [0, 0.05) is 6.42 Å². The van der Waals surface area contributed by atoms with E-state index < -0.39 is 12.0 Å². The molecule has 2 aromatic rings. The number of aliphatic carboxylic acids is 1. The number of nitrogens with one attached hydrogen (secondary N) is 1. The number of para-hydroxylation sites is 1. The van der Waals surface area contributed by atoms with Gasteiger partial charge < -0.3 is 24.6 Å². The van der Waals surface area contributed by atoms with Gasteiger partial charge in [-0.1, -0.05) is 24.3 Å². The van der Waals surface area contributed by atoms with Crippen LogP contribution in [0.1, 0.15) is 30.0 Å². The van der Waals surface area contributed by atoms with Crippen LogP contribution in [0, 0.1) is 0 Å². The molecule has 0 saturated carbocycles. The van der Waals surface area contributed by atoms with E-state index in [0.29, 0.717) is 29.2 Å². The maximum atomic E-state index is 12.5. The second kappa shape index (κ2) is 10.2. The van der Waals surface area contributed by atoms with Crippen molar-refractivity contribution < 1.29 is 28.9 Å². The van der Waals surface area contributed by atoms with Gasteiger partial charge in [0.25, 0.3) is 0 Å². The van der Waals surface area contributed by atoms with Gasteiger partial charge in [-0.05, 0) is 35.7 Å². The summed E-state index contributed by atoms with van der Waals surface area (Å²) in [5.41, 5.74) is 1.55. The Morgan fingerprint density at radius 3 is 2.29 bits per heavy atom. The van der Waals surface area contributed by atoms with E-state index in [4.69, 9.17) is 14.2 Å². The molecule has 150 valence electrons. The quantitative estimate of drug-likeness (QED) is 0.651. The van der Waals surface area contributed by atoms with Crippen LogP contribution < -0.4 is 19.5 Å². The number of benzene rings is 2. The number of hydrogen-bond acceptors (Lipinski definition) is 5. The van der Waals surface area contributed by atoms with Gasteiger partial charge in [0.15, 0.2) is 11.5 Å². The first kappa shape index (κ1) is 21.1. The minimum atomic E-state index is -0.990. The molecule has 2 N–H and O–H groups in total. The highest BCUT2D eigenvalue weighted by atomic mass is 16.5. The molecule has 0 radical (unpaired) electrons. The molecule has 2 rings (SSSR count). The third-order valence-corrected chi connectivity index (χ3v) is 4.34. The Hall–Kier alpha value is -3.22. The summed E-state index contributed by atoms with van der Waals surface area (Å²) in [6.45, 7) is 0. The molecule has 1 atom stereocenters. The zero-order chi connectivity index (χ0) is 20.5. The molecule has 1 unspecified atom stereocenters. The summed E-state index contributed by atoms with van der Waals surface area (Å²) in [5.74, 6) is 0.620. The van der Waals surface area contributed by atoms with E-state index in [2.05, 4.69) is 5.32 Å². The summed E-state index contributed by atoms with van der Waals surface area (Å²) in [7, 11) is 4.66. The topological polar surface area (TPSA) is 94.1 Å². The van der Waals surface area contributed by atoms with Crippen LogP contribution in [0.15, 0.2) is 42.5 Å². The smallest absolute Gasteiger partial charge is 0.305 e. The van der Waals surface area contributed by atoms with Crippen molar-refractivity contribution in [1.29, 1.82) is 0 Å². The van der Waals surface area contributed by atoms with E-state index in [1.54, 1.807) is 51.7 Å². The minimum absolute atomic E-state index is 0.190. The molecule has 0 bridgehead atoms. The summed E-state index contributed by atoms with van der Waals surface area (Å²) in [5, 5.41) is 12.0. The van der Waals surface area contributed by atoms with Gasteiger partial charge in [0.2, 0.25) is 5.91 Å². The van der Waals surface area contributed by atoms with E-state index in [0.717, 1.165) is 5.56 Å². The standard InChI is InChI=1S/C21H25NO6/c1-26-16-10-7-14(8-11-16)17(13-20(24)25)22-19(23)12-9-15-5-4-6-18(27-2)21(15)28-3/h4-8,10-11,17H,9,12-13H2,1-3H3,(H,22,23)(H,24,25). The van der Waals surface area contributed by atoms with Crippen LogP contribution in [0.4, 0.5) is 0 Å². The average Bonchev–Trinajstić information content (AvgIpc) is 2.71. The zero-order valence-corrected chi connectivity index (χ0v) is 16.2. The van der Waals surface area contributed by atoms with Crippen LogP contribution in [0.3, 0.4) is 0 Å². The first-order chi connectivity index (χ1) is 13.5. The summed E-state index contributed by atoms with van der Waals surface area (Å²) >= 11 is 0. The molecule has 28 heavy (non-hydrogen) atoms. The third kappa shape index (κ3) is 5.64. The van der Waals surface area contributed by atoms with Gasteiger partial charge in [-0.2, -0.15) is 0 Å². The van der Waals surface area contributed by atoms with E-state index in [-0.39, 0.29) is 18.7 Å². The lowest BCUT2D eigenvalue weighted by Gasteiger charge is -2.18. The van der Waals surface area contributed by atoms with E-state index >= 15 is 0 Å². The molecule has 0 aliphatic carbocycles. The van der Waals surface area contributed by atoms with Gasteiger partial charge in [0.05, 0.1) is 33.8 Å². The van der Waals surface area contributed by atoms with Gasteiger partial charge in [-0.25, -0.2) is 0 Å². The summed E-state index contributed by atoms with van der Waals surface area (Å²) in [6.07, 6.45) is 0.422. The molecular formula is C21H25NO6. The Bertz CT molecular complexity index is 803. The van der Waals surface area contributed by atoms with Crippen molar-refractivity contribution in [1.82, 2.24) is 5.32 Å². The highest BCUT2D eigenvalue weighted by Gasteiger charge is 2.19. The second-order valence-corrected chi connectivity index (χ2v) is 6.14.